The van der Waals surface area contributed by atoms with Gasteiger partial charge >= 0.3 is 5.97 Å². The van der Waals surface area contributed by atoms with Crippen molar-refractivity contribution in [2.75, 3.05) is 6.61 Å². The van der Waals surface area contributed by atoms with Gasteiger partial charge in [0.2, 0.25) is 5.91 Å². The quantitative estimate of drug-likeness (QED) is 0.696. The Morgan fingerprint density at radius 3 is 2.44 bits per heavy atom. The summed E-state index contributed by atoms with van der Waals surface area (Å²) in [5, 5.41) is 6.41. The van der Waals surface area contributed by atoms with Gasteiger partial charge in [0.05, 0.1) is 6.04 Å². The van der Waals surface area contributed by atoms with E-state index in [1.807, 2.05) is 0 Å². The van der Waals surface area contributed by atoms with E-state index in [4.69, 9.17) is 27.9 Å². The molecule has 148 valence electrons. The zero-order valence-electron chi connectivity index (χ0n) is 15.4. The molecule has 0 saturated heterocycles. The van der Waals surface area contributed by atoms with Crippen LogP contribution in [0, 0.1) is 0 Å². The molecule has 0 spiro atoms. The van der Waals surface area contributed by atoms with Crippen LogP contribution in [0.4, 0.5) is 0 Å². The van der Waals surface area contributed by atoms with Gasteiger partial charge in [0.1, 0.15) is 5.54 Å². The number of nitrogens with one attached hydrogen (secondary N) is 2. The summed E-state index contributed by atoms with van der Waals surface area (Å²) in [6.45, 7) is 2.72. The summed E-state index contributed by atoms with van der Waals surface area (Å²) in [7, 11) is 0. The average molecular weight is 415 g/mol. The van der Waals surface area contributed by atoms with E-state index in [1.165, 1.54) is 6.92 Å². The second kappa shape index (κ2) is 9.42. The number of benzene rings is 1. The fourth-order valence-electron chi connectivity index (χ4n) is 3.36. The molecule has 0 radical (unpaired) electrons. The minimum atomic E-state index is -1.03. The number of ether oxygens (including phenoxy) is 1. The average Bonchev–Trinajstić information content (AvgIpc) is 2.59. The molecule has 6 nitrogen and oxygen atoms in total. The third-order valence-electron chi connectivity index (χ3n) is 4.65. The Morgan fingerprint density at radius 1 is 1.19 bits per heavy atom. The predicted molar refractivity (Wildman–Crippen MR) is 104 cm³/mol. The zero-order chi connectivity index (χ0) is 20.0. The van der Waals surface area contributed by atoms with Crippen molar-refractivity contribution in [3.05, 3.63) is 33.8 Å². The van der Waals surface area contributed by atoms with Crippen molar-refractivity contribution in [2.24, 2.45) is 0 Å². The molecule has 1 atom stereocenters. The third-order valence-corrected chi connectivity index (χ3v) is 5.22. The Balaban J connectivity index is 1.93. The summed E-state index contributed by atoms with van der Waals surface area (Å²) < 4.78 is 5.21. The fourth-order valence-corrected chi connectivity index (χ4v) is 3.93. The van der Waals surface area contributed by atoms with Crippen LogP contribution >= 0.6 is 23.2 Å². The van der Waals surface area contributed by atoms with E-state index in [9.17, 15) is 14.4 Å². The third kappa shape index (κ3) is 5.84. The standard InChI is InChI=1S/C19H24Cl2N2O4/c1-12(15-7-6-14(20)10-16(15)21)22-17(25)11-27-18(26)19(23-13(2)24)8-4-3-5-9-19/h6-7,10,12H,3-5,8-9,11H2,1-2H3,(H,22,25)(H,23,24). The summed E-state index contributed by atoms with van der Waals surface area (Å²) >= 11 is 12.0. The van der Waals surface area contributed by atoms with Gasteiger partial charge in [-0.25, -0.2) is 4.79 Å². The van der Waals surface area contributed by atoms with Crippen LogP contribution in [0.1, 0.15) is 57.6 Å². The minimum Gasteiger partial charge on any atom is -0.454 e. The van der Waals surface area contributed by atoms with Crippen LogP contribution in [0.25, 0.3) is 0 Å². The Bertz CT molecular complexity index is 718. The first-order chi connectivity index (χ1) is 12.7. The number of rotatable bonds is 6. The van der Waals surface area contributed by atoms with E-state index < -0.39 is 24.0 Å². The van der Waals surface area contributed by atoms with Crippen molar-refractivity contribution in [3.63, 3.8) is 0 Å². The van der Waals surface area contributed by atoms with Gasteiger partial charge in [0.15, 0.2) is 6.61 Å². The van der Waals surface area contributed by atoms with Gasteiger partial charge < -0.3 is 15.4 Å². The maximum atomic E-state index is 12.6. The van der Waals surface area contributed by atoms with Crippen LogP contribution in [0.2, 0.25) is 10.0 Å². The summed E-state index contributed by atoms with van der Waals surface area (Å²) in [4.78, 5) is 36.2. The molecule has 1 aromatic carbocycles. The van der Waals surface area contributed by atoms with Crippen LogP contribution in [0.15, 0.2) is 18.2 Å². The highest BCUT2D eigenvalue weighted by Gasteiger charge is 2.42. The second-order valence-electron chi connectivity index (χ2n) is 6.86. The molecule has 2 rings (SSSR count). The molecule has 1 aliphatic rings. The molecule has 0 bridgehead atoms. The molecule has 2 amide bonds. The molecule has 1 fully saturated rings. The van der Waals surface area contributed by atoms with Gasteiger partial charge in [-0.3, -0.25) is 9.59 Å². The topological polar surface area (TPSA) is 84.5 Å². The van der Waals surface area contributed by atoms with Gasteiger partial charge in [-0.15, -0.1) is 0 Å². The van der Waals surface area contributed by atoms with E-state index in [0.29, 0.717) is 28.5 Å². The number of hydrogen-bond acceptors (Lipinski definition) is 4. The first-order valence-electron chi connectivity index (χ1n) is 8.94. The second-order valence-corrected chi connectivity index (χ2v) is 7.70. The molecule has 1 saturated carbocycles. The number of esters is 1. The molecular formula is C19H24Cl2N2O4. The molecule has 8 heteroatoms. The molecular weight excluding hydrogens is 391 g/mol. The molecule has 0 aliphatic heterocycles. The molecule has 2 N–H and O–H groups in total. The lowest BCUT2D eigenvalue weighted by molar-refractivity contribution is -0.158. The van der Waals surface area contributed by atoms with Crippen LogP contribution in [-0.4, -0.2) is 29.9 Å². The van der Waals surface area contributed by atoms with Crippen LogP contribution in [-0.2, 0) is 19.1 Å². The lowest BCUT2D eigenvalue weighted by Gasteiger charge is -2.35. The van der Waals surface area contributed by atoms with Gasteiger partial charge in [-0.2, -0.15) is 0 Å². The molecule has 27 heavy (non-hydrogen) atoms. The fraction of sp³-hybridized carbons (Fsp3) is 0.526. The number of amides is 2. The minimum absolute atomic E-state index is 0.288. The summed E-state index contributed by atoms with van der Waals surface area (Å²) in [6.07, 6.45) is 3.70. The van der Waals surface area contributed by atoms with E-state index >= 15 is 0 Å². The lowest BCUT2D eigenvalue weighted by Crippen LogP contribution is -2.56. The van der Waals surface area contributed by atoms with Crippen molar-refractivity contribution >= 4 is 41.0 Å². The van der Waals surface area contributed by atoms with Gasteiger partial charge in [0, 0.05) is 17.0 Å². The highest BCUT2D eigenvalue weighted by atomic mass is 35.5. The van der Waals surface area contributed by atoms with Crippen molar-refractivity contribution in [1.82, 2.24) is 10.6 Å². The van der Waals surface area contributed by atoms with Gasteiger partial charge in [-0.1, -0.05) is 48.5 Å². The van der Waals surface area contributed by atoms with Crippen molar-refractivity contribution in [3.8, 4) is 0 Å². The zero-order valence-corrected chi connectivity index (χ0v) is 17.0. The van der Waals surface area contributed by atoms with E-state index in [2.05, 4.69) is 10.6 Å². The Labute approximate surface area is 168 Å². The van der Waals surface area contributed by atoms with Crippen LogP contribution in [0.3, 0.4) is 0 Å². The number of carbonyl (C=O) groups excluding carboxylic acids is 3. The van der Waals surface area contributed by atoms with Crippen molar-refractivity contribution < 1.29 is 19.1 Å². The lowest BCUT2D eigenvalue weighted by atomic mass is 9.81. The molecule has 1 aromatic rings. The van der Waals surface area contributed by atoms with Crippen LogP contribution in [0.5, 0.6) is 0 Å². The predicted octanol–water partition coefficient (Wildman–Crippen LogP) is 3.55. The maximum absolute atomic E-state index is 12.6. The van der Waals surface area contributed by atoms with Gasteiger partial charge in [-0.05, 0) is 37.5 Å². The summed E-state index contributed by atoms with van der Waals surface area (Å²) in [5.74, 6) is -1.30. The smallest absolute Gasteiger partial charge is 0.332 e. The molecule has 1 unspecified atom stereocenters. The Hall–Kier alpha value is -1.79. The summed E-state index contributed by atoms with van der Waals surface area (Å²) in [5.41, 5.74) is -0.321. The normalized spacial score (nSPS) is 16.9. The van der Waals surface area contributed by atoms with E-state index in [1.54, 1.807) is 25.1 Å². The first kappa shape index (κ1) is 21.5. The van der Waals surface area contributed by atoms with Crippen LogP contribution < -0.4 is 10.6 Å². The SMILES string of the molecule is CC(=O)NC1(C(=O)OCC(=O)NC(C)c2ccc(Cl)cc2Cl)CCCCC1. The van der Waals surface area contributed by atoms with E-state index in [-0.39, 0.29) is 11.9 Å². The number of carbonyl (C=O) groups is 3. The Morgan fingerprint density at radius 2 is 1.85 bits per heavy atom. The summed E-state index contributed by atoms with van der Waals surface area (Å²) in [6, 6.07) is 4.64. The number of halogens is 2. The van der Waals surface area contributed by atoms with Crippen molar-refractivity contribution in [2.45, 2.75) is 57.5 Å². The monoisotopic (exact) mass is 414 g/mol. The van der Waals surface area contributed by atoms with Gasteiger partial charge in [0.25, 0.3) is 5.91 Å². The molecule has 1 aliphatic carbocycles. The van der Waals surface area contributed by atoms with Crippen molar-refractivity contribution in [1.29, 1.82) is 0 Å². The first-order valence-corrected chi connectivity index (χ1v) is 9.69. The maximum Gasteiger partial charge on any atom is 0.332 e. The highest BCUT2D eigenvalue weighted by molar-refractivity contribution is 6.35. The molecule has 0 heterocycles. The largest absolute Gasteiger partial charge is 0.454 e. The number of hydrogen-bond donors (Lipinski definition) is 2. The Kier molecular flexibility index (Phi) is 7.50. The molecule has 0 aromatic heterocycles. The highest BCUT2D eigenvalue weighted by Crippen LogP contribution is 2.30. The van der Waals surface area contributed by atoms with E-state index in [0.717, 1.165) is 19.3 Å².